The van der Waals surface area contributed by atoms with Gasteiger partial charge in [-0.3, -0.25) is 4.79 Å². The minimum absolute atomic E-state index is 0.0619. The van der Waals surface area contributed by atoms with Gasteiger partial charge in [0.1, 0.15) is 17.4 Å². The maximum Gasteiger partial charge on any atom is 0.226 e. The molecule has 1 amide bonds. The molecule has 1 aliphatic rings. The summed E-state index contributed by atoms with van der Waals surface area (Å²) < 4.78 is 10.9. The van der Waals surface area contributed by atoms with Gasteiger partial charge in [0.25, 0.3) is 0 Å². The van der Waals surface area contributed by atoms with Gasteiger partial charge in [-0.25, -0.2) is 4.98 Å². The minimum atomic E-state index is -0.0622. The molecule has 1 atom stereocenters. The largest absolute Gasteiger partial charge is 0.496 e. The first-order valence-electron chi connectivity index (χ1n) is 7.93. The highest BCUT2D eigenvalue weighted by atomic mass is 16.5. The Hall–Kier alpha value is -2.60. The van der Waals surface area contributed by atoms with E-state index in [9.17, 15) is 4.79 Å². The Labute approximate surface area is 141 Å². The van der Waals surface area contributed by atoms with Gasteiger partial charge in [0.15, 0.2) is 0 Å². The van der Waals surface area contributed by atoms with E-state index in [4.69, 9.17) is 15.2 Å². The van der Waals surface area contributed by atoms with Gasteiger partial charge in [0, 0.05) is 30.1 Å². The second-order valence-corrected chi connectivity index (χ2v) is 5.69. The highest BCUT2D eigenvalue weighted by molar-refractivity contribution is 5.94. The predicted octanol–water partition coefficient (Wildman–Crippen LogP) is 2.68. The number of carbonyl (C=O) groups excluding carboxylic acids is 1. The highest BCUT2D eigenvalue weighted by Crippen LogP contribution is 2.38. The number of anilines is 2. The van der Waals surface area contributed by atoms with Crippen LogP contribution < -0.4 is 15.8 Å². The Balaban J connectivity index is 2.01. The van der Waals surface area contributed by atoms with E-state index in [1.54, 1.807) is 13.2 Å². The third-order valence-electron chi connectivity index (χ3n) is 4.14. The maximum atomic E-state index is 12.1. The van der Waals surface area contributed by atoms with Gasteiger partial charge in [-0.2, -0.15) is 0 Å². The lowest BCUT2D eigenvalue weighted by molar-refractivity contribution is -0.116. The Kier molecular flexibility index (Phi) is 4.66. The molecule has 0 spiro atoms. The van der Waals surface area contributed by atoms with Crippen LogP contribution in [0.1, 0.15) is 36.0 Å². The minimum Gasteiger partial charge on any atom is -0.496 e. The molecule has 0 radical (unpaired) electrons. The standard InChI is InChI=1S/C18H21N3O3/c1-3-24-10-12-8-11(4-6-15(12)23-2)14-9-17(22)21-18-13(14)5-7-16(19)20-18/h4-8,14H,3,9-10H2,1-2H3,(H3,19,20,21,22). The number of fused-ring (bicyclic) bond motifs is 1. The number of benzene rings is 1. The Morgan fingerprint density at radius 2 is 2.17 bits per heavy atom. The second-order valence-electron chi connectivity index (χ2n) is 5.69. The zero-order valence-corrected chi connectivity index (χ0v) is 13.8. The molecule has 6 heteroatoms. The van der Waals surface area contributed by atoms with Crippen molar-refractivity contribution < 1.29 is 14.3 Å². The number of pyridine rings is 1. The first kappa shape index (κ1) is 16.3. The van der Waals surface area contributed by atoms with E-state index in [1.807, 2.05) is 31.2 Å². The van der Waals surface area contributed by atoms with E-state index in [1.165, 1.54) is 0 Å². The molecule has 24 heavy (non-hydrogen) atoms. The van der Waals surface area contributed by atoms with Crippen LogP contribution in [0.3, 0.4) is 0 Å². The van der Waals surface area contributed by atoms with Crippen molar-refractivity contribution >= 4 is 17.5 Å². The third kappa shape index (κ3) is 3.19. The summed E-state index contributed by atoms with van der Waals surface area (Å²) in [5, 5.41) is 2.79. The van der Waals surface area contributed by atoms with Crippen LogP contribution in [-0.2, 0) is 16.1 Å². The fourth-order valence-electron chi connectivity index (χ4n) is 2.98. The fourth-order valence-corrected chi connectivity index (χ4v) is 2.98. The lowest BCUT2D eigenvalue weighted by atomic mass is 9.85. The Bertz CT molecular complexity index is 761. The Morgan fingerprint density at radius 1 is 1.33 bits per heavy atom. The summed E-state index contributed by atoms with van der Waals surface area (Å²) in [5.41, 5.74) is 8.70. The van der Waals surface area contributed by atoms with Gasteiger partial charge in [-0.05, 0) is 30.7 Å². The van der Waals surface area contributed by atoms with Crippen LogP contribution in [0.4, 0.5) is 11.6 Å². The van der Waals surface area contributed by atoms with E-state index in [-0.39, 0.29) is 11.8 Å². The van der Waals surface area contributed by atoms with Gasteiger partial charge < -0.3 is 20.5 Å². The van der Waals surface area contributed by atoms with E-state index in [0.717, 1.165) is 22.4 Å². The van der Waals surface area contributed by atoms with E-state index in [2.05, 4.69) is 10.3 Å². The monoisotopic (exact) mass is 327 g/mol. The zero-order valence-electron chi connectivity index (χ0n) is 13.8. The van der Waals surface area contributed by atoms with Crippen molar-refractivity contribution in [1.29, 1.82) is 0 Å². The van der Waals surface area contributed by atoms with Crippen LogP contribution in [-0.4, -0.2) is 24.6 Å². The van der Waals surface area contributed by atoms with Crippen molar-refractivity contribution in [2.24, 2.45) is 0 Å². The van der Waals surface area contributed by atoms with Crippen LogP contribution >= 0.6 is 0 Å². The quantitative estimate of drug-likeness (QED) is 0.882. The van der Waals surface area contributed by atoms with Gasteiger partial charge in [0.05, 0.1) is 13.7 Å². The van der Waals surface area contributed by atoms with Crippen molar-refractivity contribution in [3.8, 4) is 5.75 Å². The summed E-state index contributed by atoms with van der Waals surface area (Å²) >= 11 is 0. The molecule has 0 fully saturated rings. The fraction of sp³-hybridized carbons (Fsp3) is 0.333. The number of methoxy groups -OCH3 is 1. The molecule has 1 unspecified atom stereocenters. The molecule has 6 nitrogen and oxygen atoms in total. The number of nitrogen functional groups attached to an aromatic ring is 1. The molecule has 0 saturated carbocycles. The zero-order chi connectivity index (χ0) is 17.1. The summed E-state index contributed by atoms with van der Waals surface area (Å²) in [4.78, 5) is 16.3. The normalized spacial score (nSPS) is 16.4. The first-order chi connectivity index (χ1) is 11.6. The van der Waals surface area contributed by atoms with Crippen molar-refractivity contribution in [2.45, 2.75) is 25.9 Å². The molecule has 2 heterocycles. The lowest BCUT2D eigenvalue weighted by Gasteiger charge is -2.26. The van der Waals surface area contributed by atoms with Gasteiger partial charge in [0.2, 0.25) is 5.91 Å². The molecule has 1 aliphatic heterocycles. The molecule has 126 valence electrons. The number of rotatable bonds is 5. The molecular weight excluding hydrogens is 306 g/mol. The molecule has 1 aromatic heterocycles. The number of aromatic nitrogens is 1. The maximum absolute atomic E-state index is 12.1. The molecule has 1 aromatic carbocycles. The smallest absolute Gasteiger partial charge is 0.226 e. The van der Waals surface area contributed by atoms with Gasteiger partial charge in [-0.15, -0.1) is 0 Å². The van der Waals surface area contributed by atoms with E-state index in [0.29, 0.717) is 31.3 Å². The molecule has 0 bridgehead atoms. The number of nitrogens with one attached hydrogen (secondary N) is 1. The summed E-state index contributed by atoms with van der Waals surface area (Å²) in [7, 11) is 1.64. The van der Waals surface area contributed by atoms with Crippen LogP contribution in [0.15, 0.2) is 30.3 Å². The molecule has 0 aliphatic carbocycles. The topological polar surface area (TPSA) is 86.5 Å². The predicted molar refractivity (Wildman–Crippen MR) is 92.1 cm³/mol. The van der Waals surface area contributed by atoms with E-state index >= 15 is 0 Å². The van der Waals surface area contributed by atoms with Crippen LogP contribution in [0, 0.1) is 0 Å². The number of ether oxygens (including phenoxy) is 2. The summed E-state index contributed by atoms with van der Waals surface area (Å²) in [6, 6.07) is 9.62. The molecule has 3 N–H and O–H groups in total. The van der Waals surface area contributed by atoms with Crippen LogP contribution in [0.2, 0.25) is 0 Å². The number of hydrogen-bond donors (Lipinski definition) is 2. The summed E-state index contributed by atoms with van der Waals surface area (Å²) in [6.45, 7) is 3.05. The molecule has 3 rings (SSSR count). The highest BCUT2D eigenvalue weighted by Gasteiger charge is 2.28. The number of nitrogens with two attached hydrogens (primary N) is 1. The van der Waals surface area contributed by atoms with Gasteiger partial charge >= 0.3 is 0 Å². The average molecular weight is 327 g/mol. The van der Waals surface area contributed by atoms with Crippen LogP contribution in [0.25, 0.3) is 0 Å². The van der Waals surface area contributed by atoms with Gasteiger partial charge in [-0.1, -0.05) is 12.1 Å². The Morgan fingerprint density at radius 3 is 2.92 bits per heavy atom. The molecule has 0 saturated heterocycles. The molecular formula is C18H21N3O3. The molecule has 2 aromatic rings. The number of nitrogens with zero attached hydrogens (tertiary/aromatic N) is 1. The average Bonchev–Trinajstić information content (AvgIpc) is 2.58. The van der Waals surface area contributed by atoms with Crippen LogP contribution in [0.5, 0.6) is 5.75 Å². The number of hydrogen-bond acceptors (Lipinski definition) is 5. The SMILES string of the molecule is CCOCc1cc(C2CC(=O)Nc3nc(N)ccc32)ccc1OC. The second kappa shape index (κ2) is 6.88. The van der Waals surface area contributed by atoms with Crippen molar-refractivity contribution in [3.05, 3.63) is 47.0 Å². The van der Waals surface area contributed by atoms with Crippen molar-refractivity contribution in [1.82, 2.24) is 4.98 Å². The number of carbonyl (C=O) groups is 1. The van der Waals surface area contributed by atoms with Crippen molar-refractivity contribution in [3.63, 3.8) is 0 Å². The third-order valence-corrected chi connectivity index (χ3v) is 4.14. The lowest BCUT2D eigenvalue weighted by Crippen LogP contribution is -2.24. The number of amides is 1. The summed E-state index contributed by atoms with van der Waals surface area (Å²) in [6.07, 6.45) is 0.374. The van der Waals surface area contributed by atoms with Crippen molar-refractivity contribution in [2.75, 3.05) is 24.8 Å². The van der Waals surface area contributed by atoms with E-state index < -0.39 is 0 Å². The summed E-state index contributed by atoms with van der Waals surface area (Å²) in [5.74, 6) is 1.59. The first-order valence-corrected chi connectivity index (χ1v) is 7.93.